The van der Waals surface area contributed by atoms with E-state index in [1.54, 1.807) is 8.61 Å². The summed E-state index contributed by atoms with van der Waals surface area (Å²) in [6.45, 7) is 5.84. The molecule has 3 saturated heterocycles. The quantitative estimate of drug-likeness (QED) is 0.422. The predicted octanol–water partition coefficient (Wildman–Crippen LogP) is 3.15. The van der Waals surface area contributed by atoms with Crippen molar-refractivity contribution in [2.75, 3.05) is 0 Å². The first-order valence-electron chi connectivity index (χ1n) is 14.2. The minimum absolute atomic E-state index is 0.00547. The Morgan fingerprint density at radius 2 is 1.45 bits per heavy atom. The molecule has 12 heteroatoms. The van der Waals surface area contributed by atoms with Gasteiger partial charge in [0, 0.05) is 43.4 Å². The van der Waals surface area contributed by atoms with E-state index >= 15 is 0 Å². The first kappa shape index (κ1) is 26.7. The number of aromatic nitrogens is 2. The minimum atomic E-state index is -3.24. The maximum Gasteiger partial charge on any atom is 0.223 e. The second kappa shape index (κ2) is 9.85. The van der Waals surface area contributed by atoms with Crippen LogP contribution < -0.4 is 9.47 Å². The Morgan fingerprint density at radius 1 is 0.868 bits per heavy atom. The standard InChI is InChI=1S/C26H40N4O6S2/c1-16-4-5-19(29(16)37(31,32)23-8-9-23)12-17(2)35-25-18(3)26(28-15-27-25)36-22-13-20-6-7-21(14-22)30(20)38(33,34)24-10-11-24/h15-17,19-24H,4-14H2,1-3H3/t16-,17?,19+,20-,21-/m1/s1. The van der Waals surface area contributed by atoms with Crippen LogP contribution in [0.5, 0.6) is 11.8 Å². The summed E-state index contributed by atoms with van der Waals surface area (Å²) in [4.78, 5) is 8.72. The van der Waals surface area contributed by atoms with Crippen LogP contribution in [0.2, 0.25) is 0 Å². The van der Waals surface area contributed by atoms with E-state index in [1.807, 2.05) is 20.8 Å². The number of ether oxygens (including phenoxy) is 2. The van der Waals surface area contributed by atoms with Crippen molar-refractivity contribution in [3.05, 3.63) is 11.9 Å². The van der Waals surface area contributed by atoms with Crippen LogP contribution in [0.1, 0.15) is 90.0 Å². The van der Waals surface area contributed by atoms with Gasteiger partial charge in [0.25, 0.3) is 0 Å². The summed E-state index contributed by atoms with van der Waals surface area (Å²) in [7, 11) is -6.43. The van der Waals surface area contributed by atoms with Crippen LogP contribution in [0.3, 0.4) is 0 Å². The summed E-state index contributed by atoms with van der Waals surface area (Å²) >= 11 is 0. The molecule has 0 aromatic carbocycles. The molecule has 2 saturated carbocycles. The highest BCUT2D eigenvalue weighted by atomic mass is 32.2. The van der Waals surface area contributed by atoms with Gasteiger partial charge in [-0.2, -0.15) is 8.61 Å². The number of piperidine rings is 1. The van der Waals surface area contributed by atoms with Crippen LogP contribution in [-0.4, -0.2) is 82.3 Å². The Labute approximate surface area is 226 Å². The molecule has 10 nitrogen and oxygen atoms in total. The van der Waals surface area contributed by atoms with Crippen LogP contribution in [-0.2, 0) is 20.0 Å². The first-order valence-corrected chi connectivity index (χ1v) is 17.3. The summed E-state index contributed by atoms with van der Waals surface area (Å²) in [5.41, 5.74) is 0.710. The molecule has 0 radical (unpaired) electrons. The molecule has 1 aromatic heterocycles. The van der Waals surface area contributed by atoms with E-state index in [2.05, 4.69) is 9.97 Å². The van der Waals surface area contributed by atoms with Crippen molar-refractivity contribution >= 4 is 20.0 Å². The van der Waals surface area contributed by atoms with Gasteiger partial charge in [-0.05, 0) is 72.1 Å². The molecule has 2 bridgehead atoms. The van der Waals surface area contributed by atoms with Crippen LogP contribution in [0.4, 0.5) is 0 Å². The second-order valence-corrected chi connectivity index (χ2v) is 16.3. The molecular weight excluding hydrogens is 528 g/mol. The summed E-state index contributed by atoms with van der Waals surface area (Å²) in [5.74, 6) is 0.916. The van der Waals surface area contributed by atoms with Crippen molar-refractivity contribution in [3.8, 4) is 11.8 Å². The van der Waals surface area contributed by atoms with E-state index < -0.39 is 20.0 Å². The van der Waals surface area contributed by atoms with Gasteiger partial charge in [-0.3, -0.25) is 0 Å². The summed E-state index contributed by atoms with van der Waals surface area (Å²) in [5, 5.41) is -0.385. The molecule has 0 N–H and O–H groups in total. The fourth-order valence-electron chi connectivity index (χ4n) is 6.84. The van der Waals surface area contributed by atoms with Gasteiger partial charge in [-0.15, -0.1) is 0 Å². The van der Waals surface area contributed by atoms with Crippen molar-refractivity contribution in [1.82, 2.24) is 18.6 Å². The molecule has 5 atom stereocenters. The molecule has 0 amide bonds. The zero-order valence-electron chi connectivity index (χ0n) is 22.5. The third kappa shape index (κ3) is 4.94. The van der Waals surface area contributed by atoms with Crippen molar-refractivity contribution in [2.24, 2.45) is 0 Å². The number of nitrogens with zero attached hydrogens (tertiary/aromatic N) is 4. The zero-order valence-corrected chi connectivity index (χ0v) is 24.2. The fourth-order valence-corrected chi connectivity index (χ4v) is 11.4. The zero-order chi connectivity index (χ0) is 26.8. The molecule has 38 heavy (non-hydrogen) atoms. The molecule has 4 heterocycles. The fraction of sp³-hybridized carbons (Fsp3) is 0.846. The van der Waals surface area contributed by atoms with Gasteiger partial charge in [-0.1, -0.05) is 0 Å². The lowest BCUT2D eigenvalue weighted by Crippen LogP contribution is -2.50. The molecule has 5 aliphatic rings. The lowest BCUT2D eigenvalue weighted by atomic mass is 10.0. The monoisotopic (exact) mass is 568 g/mol. The topological polar surface area (TPSA) is 119 Å². The average Bonchev–Trinajstić information content (AvgIpc) is 3.77. The van der Waals surface area contributed by atoms with Gasteiger partial charge >= 0.3 is 0 Å². The van der Waals surface area contributed by atoms with Gasteiger partial charge in [0.1, 0.15) is 12.4 Å². The van der Waals surface area contributed by atoms with Crippen molar-refractivity contribution in [3.63, 3.8) is 0 Å². The largest absolute Gasteiger partial charge is 0.474 e. The number of rotatable bonds is 10. The molecule has 212 valence electrons. The lowest BCUT2D eigenvalue weighted by molar-refractivity contribution is 0.0899. The van der Waals surface area contributed by atoms with Crippen LogP contribution in [0.15, 0.2) is 6.33 Å². The summed E-state index contributed by atoms with van der Waals surface area (Å²) in [6.07, 6.45) is 9.65. The summed E-state index contributed by atoms with van der Waals surface area (Å²) < 4.78 is 68.0. The first-order chi connectivity index (χ1) is 18.1. The third-order valence-electron chi connectivity index (χ3n) is 9.00. The second-order valence-electron chi connectivity index (χ2n) is 12.1. The molecule has 1 aromatic rings. The summed E-state index contributed by atoms with van der Waals surface area (Å²) in [6, 6.07) is -0.0209. The SMILES string of the molecule is Cc1c(OC(C)C[C@@H]2CC[C@@H](C)N2S(=O)(=O)C2CC2)ncnc1OC1C[C@H]2CC[C@H](C1)N2S(=O)(=O)C1CC1. The van der Waals surface area contributed by atoms with E-state index in [0.717, 1.165) is 51.4 Å². The molecule has 1 unspecified atom stereocenters. The minimum Gasteiger partial charge on any atom is -0.474 e. The van der Waals surface area contributed by atoms with Gasteiger partial charge in [0.05, 0.1) is 22.2 Å². The van der Waals surface area contributed by atoms with E-state index in [-0.39, 0.29) is 46.9 Å². The Balaban J connectivity index is 1.09. The van der Waals surface area contributed by atoms with E-state index in [1.165, 1.54) is 6.33 Å². The number of hydrogen-bond donors (Lipinski definition) is 0. The molecule has 6 rings (SSSR count). The third-order valence-corrected chi connectivity index (χ3v) is 14.1. The molecule has 0 spiro atoms. The van der Waals surface area contributed by atoms with Gasteiger partial charge in [0.2, 0.25) is 31.8 Å². The Bertz CT molecular complexity index is 1250. The number of hydrogen-bond acceptors (Lipinski definition) is 8. The predicted molar refractivity (Wildman–Crippen MR) is 142 cm³/mol. The highest BCUT2D eigenvalue weighted by molar-refractivity contribution is 7.90. The maximum absolute atomic E-state index is 13.0. The van der Waals surface area contributed by atoms with Crippen molar-refractivity contribution in [1.29, 1.82) is 0 Å². The van der Waals surface area contributed by atoms with E-state index in [0.29, 0.717) is 36.6 Å². The normalized spacial score (nSPS) is 33.4. The van der Waals surface area contributed by atoms with E-state index in [9.17, 15) is 16.8 Å². The van der Waals surface area contributed by atoms with Gasteiger partial charge < -0.3 is 9.47 Å². The lowest BCUT2D eigenvalue weighted by Gasteiger charge is -2.37. The molecule has 3 aliphatic heterocycles. The van der Waals surface area contributed by atoms with Crippen LogP contribution >= 0.6 is 0 Å². The van der Waals surface area contributed by atoms with Gasteiger partial charge in [-0.25, -0.2) is 26.8 Å². The van der Waals surface area contributed by atoms with Crippen molar-refractivity contribution < 1.29 is 26.3 Å². The van der Waals surface area contributed by atoms with Crippen molar-refractivity contribution in [2.45, 2.75) is 138 Å². The Kier molecular flexibility index (Phi) is 6.92. The highest BCUT2D eigenvalue weighted by Gasteiger charge is 2.52. The average molecular weight is 569 g/mol. The number of sulfonamides is 2. The number of fused-ring (bicyclic) bond motifs is 2. The van der Waals surface area contributed by atoms with Crippen LogP contribution in [0, 0.1) is 6.92 Å². The Morgan fingerprint density at radius 3 is 2.05 bits per heavy atom. The maximum atomic E-state index is 13.0. The Hall–Kier alpha value is -1.50. The molecule has 5 fully saturated rings. The molecular formula is C26H40N4O6S2. The van der Waals surface area contributed by atoms with Gasteiger partial charge in [0.15, 0.2) is 0 Å². The smallest absolute Gasteiger partial charge is 0.223 e. The highest BCUT2D eigenvalue weighted by Crippen LogP contribution is 2.44. The molecule has 2 aliphatic carbocycles. The van der Waals surface area contributed by atoms with Crippen LogP contribution in [0.25, 0.3) is 0 Å². The van der Waals surface area contributed by atoms with E-state index in [4.69, 9.17) is 9.47 Å².